The number of hydrogen-bond donors (Lipinski definition) is 1. The lowest BCUT2D eigenvalue weighted by Gasteiger charge is -2.36. The zero-order chi connectivity index (χ0) is 19.2. The van der Waals surface area contributed by atoms with E-state index < -0.39 is 15.9 Å². The van der Waals surface area contributed by atoms with E-state index in [1.165, 1.54) is 32.1 Å². The Labute approximate surface area is 157 Å². The van der Waals surface area contributed by atoms with Gasteiger partial charge in [0.1, 0.15) is 9.84 Å². The Bertz CT molecular complexity index is 579. The quantitative estimate of drug-likeness (QED) is 0.696. The van der Waals surface area contributed by atoms with Crippen LogP contribution in [-0.2, 0) is 19.4 Å². The fraction of sp³-hybridized carbons (Fsp3) is 0.889. The largest absolute Gasteiger partial charge is 0.339 e. The third-order valence-corrected chi connectivity index (χ3v) is 6.53. The van der Waals surface area contributed by atoms with Crippen LogP contribution in [0.4, 0.5) is 0 Å². The number of sulfone groups is 1. The van der Waals surface area contributed by atoms with Gasteiger partial charge in [0, 0.05) is 38.9 Å². The zero-order valence-corrected chi connectivity index (χ0v) is 16.7. The smallest absolute Gasteiger partial charge is 0.239 e. The molecular formula is C18H33N3O4S. The zero-order valence-electron chi connectivity index (χ0n) is 15.9. The van der Waals surface area contributed by atoms with Crippen molar-refractivity contribution in [3.63, 3.8) is 0 Å². The van der Waals surface area contributed by atoms with Gasteiger partial charge in [-0.15, -0.1) is 0 Å². The normalized spacial score (nSPS) is 20.8. The average molecular weight is 388 g/mol. The van der Waals surface area contributed by atoms with Crippen molar-refractivity contribution in [2.75, 3.05) is 38.2 Å². The van der Waals surface area contributed by atoms with Crippen molar-refractivity contribution in [2.45, 2.75) is 57.4 Å². The monoisotopic (exact) mass is 387 g/mol. The van der Waals surface area contributed by atoms with Crippen molar-refractivity contribution >= 4 is 21.7 Å². The number of carbonyl (C=O) groups is 2. The van der Waals surface area contributed by atoms with Crippen molar-refractivity contribution in [3.8, 4) is 0 Å². The Morgan fingerprint density at radius 3 is 2.19 bits per heavy atom. The maximum atomic E-state index is 12.4. The van der Waals surface area contributed by atoms with Crippen LogP contribution < -0.4 is 5.73 Å². The first-order chi connectivity index (χ1) is 12.3. The van der Waals surface area contributed by atoms with E-state index in [4.69, 9.17) is 5.73 Å². The lowest BCUT2D eigenvalue weighted by atomic mass is 9.86. The van der Waals surface area contributed by atoms with Crippen LogP contribution in [0.2, 0.25) is 0 Å². The highest BCUT2D eigenvalue weighted by Gasteiger charge is 2.27. The van der Waals surface area contributed by atoms with Crippen molar-refractivity contribution in [1.82, 2.24) is 9.80 Å². The van der Waals surface area contributed by atoms with E-state index in [2.05, 4.69) is 0 Å². The molecule has 2 fully saturated rings. The molecule has 1 aliphatic carbocycles. The SMILES string of the molecule is CS(=O)(=O)CCC(N)C(=O)N1CCN(C(=O)CCC2CCCCC2)CC1. The van der Waals surface area contributed by atoms with Gasteiger partial charge in [-0.2, -0.15) is 0 Å². The second kappa shape index (κ2) is 9.69. The summed E-state index contributed by atoms with van der Waals surface area (Å²) >= 11 is 0. The Hall–Kier alpha value is -1.15. The Balaban J connectivity index is 1.70. The molecule has 8 heteroatoms. The molecule has 1 heterocycles. The maximum Gasteiger partial charge on any atom is 0.239 e. The highest BCUT2D eigenvalue weighted by atomic mass is 32.2. The first-order valence-corrected chi connectivity index (χ1v) is 11.8. The molecule has 0 spiro atoms. The minimum Gasteiger partial charge on any atom is -0.339 e. The van der Waals surface area contributed by atoms with E-state index in [0.717, 1.165) is 12.7 Å². The van der Waals surface area contributed by atoms with E-state index in [0.29, 0.717) is 38.5 Å². The van der Waals surface area contributed by atoms with Crippen molar-refractivity contribution in [2.24, 2.45) is 11.7 Å². The number of nitrogens with zero attached hydrogens (tertiary/aromatic N) is 2. The fourth-order valence-corrected chi connectivity index (χ4v) is 4.52. The second-order valence-corrected chi connectivity index (χ2v) is 10.0. The average Bonchev–Trinajstić information content (AvgIpc) is 2.64. The van der Waals surface area contributed by atoms with Crippen LogP contribution in [0.5, 0.6) is 0 Å². The molecule has 0 radical (unpaired) electrons. The molecule has 1 unspecified atom stereocenters. The number of rotatable bonds is 7. The third kappa shape index (κ3) is 6.87. The maximum absolute atomic E-state index is 12.4. The summed E-state index contributed by atoms with van der Waals surface area (Å²) in [4.78, 5) is 28.2. The van der Waals surface area contributed by atoms with Gasteiger partial charge in [0.15, 0.2) is 0 Å². The molecule has 150 valence electrons. The van der Waals surface area contributed by atoms with Gasteiger partial charge < -0.3 is 15.5 Å². The molecule has 2 N–H and O–H groups in total. The van der Waals surface area contributed by atoms with Gasteiger partial charge in [-0.05, 0) is 18.8 Å². The molecule has 26 heavy (non-hydrogen) atoms. The van der Waals surface area contributed by atoms with Crippen LogP contribution in [0, 0.1) is 5.92 Å². The van der Waals surface area contributed by atoms with E-state index >= 15 is 0 Å². The number of nitrogens with two attached hydrogens (primary N) is 1. The van der Waals surface area contributed by atoms with Crippen LogP contribution in [0.25, 0.3) is 0 Å². The molecule has 1 atom stereocenters. The predicted molar refractivity (Wildman–Crippen MR) is 101 cm³/mol. The van der Waals surface area contributed by atoms with Crippen molar-refractivity contribution < 1.29 is 18.0 Å². The van der Waals surface area contributed by atoms with E-state index in [1.807, 2.05) is 4.90 Å². The molecular weight excluding hydrogens is 354 g/mol. The predicted octanol–water partition coefficient (Wildman–Crippen LogP) is 0.780. The fourth-order valence-electron chi connectivity index (χ4n) is 3.84. The number of piperazine rings is 1. The summed E-state index contributed by atoms with van der Waals surface area (Å²) in [5.41, 5.74) is 5.84. The Kier molecular flexibility index (Phi) is 7.88. The highest BCUT2D eigenvalue weighted by molar-refractivity contribution is 7.90. The molecule has 7 nitrogen and oxygen atoms in total. The van der Waals surface area contributed by atoms with Crippen LogP contribution in [0.1, 0.15) is 51.4 Å². The van der Waals surface area contributed by atoms with Crippen LogP contribution >= 0.6 is 0 Å². The van der Waals surface area contributed by atoms with Gasteiger partial charge in [0.05, 0.1) is 11.8 Å². The Morgan fingerprint density at radius 2 is 1.62 bits per heavy atom. The molecule has 2 amide bonds. The van der Waals surface area contributed by atoms with Crippen molar-refractivity contribution in [1.29, 1.82) is 0 Å². The summed E-state index contributed by atoms with van der Waals surface area (Å²) in [5.74, 6) is 0.579. The molecule has 0 aromatic carbocycles. The first-order valence-electron chi connectivity index (χ1n) is 9.76. The summed E-state index contributed by atoms with van der Waals surface area (Å²) in [6.07, 6.45) is 9.27. The standard InChI is InChI=1S/C18H33N3O4S/c1-26(24,25)14-9-16(19)18(23)21-12-10-20(11-13-21)17(22)8-7-15-5-3-2-4-6-15/h15-16H,2-14,19H2,1H3. The second-order valence-electron chi connectivity index (χ2n) is 7.77. The molecule has 0 bridgehead atoms. The van der Waals surface area contributed by atoms with Gasteiger partial charge in [-0.25, -0.2) is 8.42 Å². The molecule has 2 aliphatic rings. The van der Waals surface area contributed by atoms with E-state index in [1.54, 1.807) is 4.90 Å². The van der Waals surface area contributed by atoms with Gasteiger partial charge in [-0.1, -0.05) is 32.1 Å². The van der Waals surface area contributed by atoms with Crippen molar-refractivity contribution in [3.05, 3.63) is 0 Å². The summed E-state index contributed by atoms with van der Waals surface area (Å²) < 4.78 is 22.4. The lowest BCUT2D eigenvalue weighted by molar-refractivity contribution is -0.140. The van der Waals surface area contributed by atoms with Gasteiger partial charge in [0.2, 0.25) is 11.8 Å². The Morgan fingerprint density at radius 1 is 1.04 bits per heavy atom. The molecule has 1 saturated carbocycles. The summed E-state index contributed by atoms with van der Waals surface area (Å²) in [6.45, 7) is 2.02. The molecule has 0 aromatic heterocycles. The summed E-state index contributed by atoms with van der Waals surface area (Å²) in [5, 5.41) is 0. The van der Waals surface area contributed by atoms with Crippen LogP contribution in [-0.4, -0.2) is 74.3 Å². The first kappa shape index (κ1) is 21.2. The minimum atomic E-state index is -3.12. The molecule has 1 aliphatic heterocycles. The van der Waals surface area contributed by atoms with E-state index in [-0.39, 0.29) is 24.0 Å². The van der Waals surface area contributed by atoms with Gasteiger partial charge in [-0.3, -0.25) is 9.59 Å². The lowest BCUT2D eigenvalue weighted by Crippen LogP contribution is -2.54. The molecule has 1 saturated heterocycles. The van der Waals surface area contributed by atoms with Crippen LogP contribution in [0.3, 0.4) is 0 Å². The number of amides is 2. The van der Waals surface area contributed by atoms with Crippen LogP contribution in [0.15, 0.2) is 0 Å². The number of hydrogen-bond acceptors (Lipinski definition) is 5. The minimum absolute atomic E-state index is 0.0838. The number of carbonyl (C=O) groups excluding carboxylic acids is 2. The topological polar surface area (TPSA) is 101 Å². The summed E-state index contributed by atoms with van der Waals surface area (Å²) in [6, 6.07) is -0.793. The highest BCUT2D eigenvalue weighted by Crippen LogP contribution is 2.27. The third-order valence-electron chi connectivity index (χ3n) is 5.55. The van der Waals surface area contributed by atoms with E-state index in [9.17, 15) is 18.0 Å². The van der Waals surface area contributed by atoms with Gasteiger partial charge in [0.25, 0.3) is 0 Å². The molecule has 2 rings (SSSR count). The molecule has 0 aromatic rings. The van der Waals surface area contributed by atoms with Gasteiger partial charge >= 0.3 is 0 Å². The summed E-state index contributed by atoms with van der Waals surface area (Å²) in [7, 11) is -3.12.